The summed E-state index contributed by atoms with van der Waals surface area (Å²) in [5.41, 5.74) is -0.894. The van der Waals surface area contributed by atoms with E-state index in [4.69, 9.17) is 0 Å². The maximum Gasteiger partial charge on any atom is 0.251 e. The molecule has 1 aromatic rings. The van der Waals surface area contributed by atoms with Gasteiger partial charge in [-0.1, -0.05) is 0 Å². The zero-order chi connectivity index (χ0) is 13.3. The number of aliphatic hydroxyl groups is 1. The number of carbonyl (C=O) groups excluding carboxylic acids is 1. The number of carbonyl (C=O) groups is 1. The van der Waals surface area contributed by atoms with Crippen molar-refractivity contribution in [3.63, 3.8) is 0 Å². The standard InChI is InChI=1S/C13H15F2NO2/c1-13(18,9-3-4-9)7-16-12(17)8-2-5-10(14)11(15)6-8/h2,5-6,9,18H,3-4,7H2,1H3,(H,16,17). The van der Waals surface area contributed by atoms with Gasteiger partial charge >= 0.3 is 0 Å². The topological polar surface area (TPSA) is 49.3 Å². The van der Waals surface area contributed by atoms with Gasteiger partial charge in [0.05, 0.1) is 5.60 Å². The maximum absolute atomic E-state index is 12.9. The summed E-state index contributed by atoms with van der Waals surface area (Å²) in [6, 6.07) is 2.96. The van der Waals surface area contributed by atoms with Gasteiger partial charge in [0.2, 0.25) is 0 Å². The first-order chi connectivity index (χ1) is 8.40. The summed E-state index contributed by atoms with van der Waals surface area (Å²) < 4.78 is 25.7. The Morgan fingerprint density at radius 1 is 1.44 bits per heavy atom. The Bertz CT molecular complexity index is 470. The lowest BCUT2D eigenvalue weighted by Gasteiger charge is -2.23. The van der Waals surface area contributed by atoms with Crippen LogP contribution in [0.25, 0.3) is 0 Å². The molecule has 2 N–H and O–H groups in total. The maximum atomic E-state index is 12.9. The van der Waals surface area contributed by atoms with Crippen LogP contribution in [0.15, 0.2) is 18.2 Å². The van der Waals surface area contributed by atoms with Crippen molar-refractivity contribution in [2.75, 3.05) is 6.54 Å². The SMILES string of the molecule is CC(O)(CNC(=O)c1ccc(F)c(F)c1)C1CC1. The summed E-state index contributed by atoms with van der Waals surface area (Å²) in [4.78, 5) is 11.7. The van der Waals surface area contributed by atoms with Crippen LogP contribution < -0.4 is 5.32 Å². The Morgan fingerprint density at radius 2 is 2.11 bits per heavy atom. The van der Waals surface area contributed by atoms with Crippen LogP contribution in [-0.4, -0.2) is 23.2 Å². The summed E-state index contributed by atoms with van der Waals surface area (Å²) in [6.45, 7) is 1.77. The molecule has 0 saturated heterocycles. The molecule has 1 fully saturated rings. The van der Waals surface area contributed by atoms with E-state index in [1.807, 2.05) is 0 Å². The van der Waals surface area contributed by atoms with Gasteiger partial charge in [-0.25, -0.2) is 8.78 Å². The molecule has 18 heavy (non-hydrogen) atoms. The van der Waals surface area contributed by atoms with Gasteiger partial charge in [-0.05, 0) is 43.9 Å². The average molecular weight is 255 g/mol. The Morgan fingerprint density at radius 3 is 2.67 bits per heavy atom. The van der Waals surface area contributed by atoms with Crippen molar-refractivity contribution in [2.45, 2.75) is 25.4 Å². The van der Waals surface area contributed by atoms with Crippen molar-refractivity contribution < 1.29 is 18.7 Å². The van der Waals surface area contributed by atoms with Crippen molar-refractivity contribution in [2.24, 2.45) is 5.92 Å². The second kappa shape index (κ2) is 4.65. The molecule has 5 heteroatoms. The molecular formula is C13H15F2NO2. The monoisotopic (exact) mass is 255 g/mol. The molecule has 0 bridgehead atoms. The predicted octanol–water partition coefficient (Wildman–Crippen LogP) is 1.86. The molecule has 1 aromatic carbocycles. The number of rotatable bonds is 4. The molecule has 1 aliphatic rings. The highest BCUT2D eigenvalue weighted by atomic mass is 19.2. The third kappa shape index (κ3) is 2.85. The summed E-state index contributed by atoms with van der Waals surface area (Å²) in [6.07, 6.45) is 1.90. The first-order valence-electron chi connectivity index (χ1n) is 5.86. The lowest BCUT2D eigenvalue weighted by molar-refractivity contribution is 0.0354. The summed E-state index contributed by atoms with van der Waals surface area (Å²) >= 11 is 0. The summed E-state index contributed by atoms with van der Waals surface area (Å²) in [7, 11) is 0. The van der Waals surface area contributed by atoms with E-state index in [9.17, 15) is 18.7 Å². The lowest BCUT2D eigenvalue weighted by Crippen LogP contribution is -2.42. The van der Waals surface area contributed by atoms with Crippen molar-refractivity contribution in [3.05, 3.63) is 35.4 Å². The third-order valence-electron chi connectivity index (χ3n) is 3.25. The van der Waals surface area contributed by atoms with E-state index in [2.05, 4.69) is 5.32 Å². The third-order valence-corrected chi connectivity index (χ3v) is 3.25. The minimum absolute atomic E-state index is 0.0421. The van der Waals surface area contributed by atoms with Gasteiger partial charge in [0.15, 0.2) is 11.6 Å². The Hall–Kier alpha value is -1.49. The van der Waals surface area contributed by atoms with E-state index >= 15 is 0 Å². The average Bonchev–Trinajstić information content (AvgIpc) is 3.14. The van der Waals surface area contributed by atoms with Gasteiger partial charge in [-0.3, -0.25) is 4.79 Å². The summed E-state index contributed by atoms with van der Waals surface area (Å²) in [5, 5.41) is 12.5. The van der Waals surface area contributed by atoms with Crippen LogP contribution in [0.3, 0.4) is 0 Å². The van der Waals surface area contributed by atoms with Crippen LogP contribution in [-0.2, 0) is 0 Å². The molecule has 0 heterocycles. The van der Waals surface area contributed by atoms with Crippen molar-refractivity contribution in [3.8, 4) is 0 Å². The molecule has 1 aliphatic carbocycles. The molecule has 1 amide bonds. The molecule has 1 atom stereocenters. The molecule has 0 radical (unpaired) electrons. The molecule has 0 aromatic heterocycles. The molecule has 1 unspecified atom stereocenters. The number of hydrogen-bond donors (Lipinski definition) is 2. The van der Waals surface area contributed by atoms with E-state index in [-0.39, 0.29) is 18.0 Å². The molecular weight excluding hydrogens is 240 g/mol. The fourth-order valence-electron chi connectivity index (χ4n) is 1.85. The minimum Gasteiger partial charge on any atom is -0.388 e. The van der Waals surface area contributed by atoms with E-state index in [1.54, 1.807) is 6.92 Å². The highest BCUT2D eigenvalue weighted by Gasteiger charge is 2.39. The number of nitrogens with one attached hydrogen (secondary N) is 1. The Kier molecular flexibility index (Phi) is 3.34. The van der Waals surface area contributed by atoms with Crippen molar-refractivity contribution in [1.29, 1.82) is 0 Å². The van der Waals surface area contributed by atoms with Crippen molar-refractivity contribution >= 4 is 5.91 Å². The fourth-order valence-corrected chi connectivity index (χ4v) is 1.85. The van der Waals surface area contributed by atoms with Gasteiger partial charge in [-0.15, -0.1) is 0 Å². The van der Waals surface area contributed by atoms with Crippen LogP contribution in [0.1, 0.15) is 30.1 Å². The number of hydrogen-bond acceptors (Lipinski definition) is 2. The summed E-state index contributed by atoms with van der Waals surface area (Å²) in [5.74, 6) is -2.36. The quantitative estimate of drug-likeness (QED) is 0.862. The van der Waals surface area contributed by atoms with Gasteiger partial charge in [0.1, 0.15) is 0 Å². The highest BCUT2D eigenvalue weighted by molar-refractivity contribution is 5.94. The zero-order valence-corrected chi connectivity index (χ0v) is 10.0. The van der Waals surface area contributed by atoms with Crippen molar-refractivity contribution in [1.82, 2.24) is 5.32 Å². The van der Waals surface area contributed by atoms with Crippen LogP contribution in [0, 0.1) is 17.6 Å². The normalized spacial score (nSPS) is 18.2. The Balaban J connectivity index is 1.97. The van der Waals surface area contributed by atoms with Gasteiger partial charge < -0.3 is 10.4 Å². The largest absolute Gasteiger partial charge is 0.388 e. The van der Waals surface area contributed by atoms with Crippen LogP contribution >= 0.6 is 0 Å². The second-order valence-electron chi connectivity index (χ2n) is 4.94. The number of amides is 1. The molecule has 98 valence electrons. The second-order valence-corrected chi connectivity index (χ2v) is 4.94. The Labute approximate surface area is 104 Å². The minimum atomic E-state index is -1.06. The van der Waals surface area contributed by atoms with Crippen LogP contribution in [0.4, 0.5) is 8.78 Å². The fraction of sp³-hybridized carbons (Fsp3) is 0.462. The molecule has 0 spiro atoms. The van der Waals surface area contributed by atoms with Crippen LogP contribution in [0.2, 0.25) is 0 Å². The molecule has 0 aliphatic heterocycles. The number of halogens is 2. The van der Waals surface area contributed by atoms with E-state index in [1.165, 1.54) is 6.07 Å². The first kappa shape index (κ1) is 13.0. The van der Waals surface area contributed by atoms with Crippen LogP contribution in [0.5, 0.6) is 0 Å². The van der Waals surface area contributed by atoms with Gasteiger partial charge in [-0.2, -0.15) is 0 Å². The van der Waals surface area contributed by atoms with Gasteiger partial charge in [0.25, 0.3) is 5.91 Å². The predicted molar refractivity (Wildman–Crippen MR) is 62.0 cm³/mol. The van der Waals surface area contributed by atoms with E-state index in [0.717, 1.165) is 25.0 Å². The number of benzene rings is 1. The smallest absolute Gasteiger partial charge is 0.251 e. The molecule has 1 saturated carbocycles. The molecule has 3 nitrogen and oxygen atoms in total. The lowest BCUT2D eigenvalue weighted by atomic mass is 10.0. The molecule has 2 rings (SSSR count). The highest BCUT2D eigenvalue weighted by Crippen LogP contribution is 2.39. The van der Waals surface area contributed by atoms with E-state index < -0.39 is 23.1 Å². The first-order valence-corrected chi connectivity index (χ1v) is 5.86. The van der Waals surface area contributed by atoms with E-state index in [0.29, 0.717) is 0 Å². The zero-order valence-electron chi connectivity index (χ0n) is 10.0. The van der Waals surface area contributed by atoms with Gasteiger partial charge in [0, 0.05) is 12.1 Å².